The molecule has 1 aromatic carbocycles. The zero-order valence-electron chi connectivity index (χ0n) is 12.1. The van der Waals surface area contributed by atoms with E-state index in [-0.39, 0.29) is 6.04 Å². The molecule has 1 heterocycles. The number of furan rings is 1. The Hall–Kier alpha value is -1.78. The molecule has 1 N–H and O–H groups in total. The lowest BCUT2D eigenvalue weighted by molar-refractivity contribution is 0.0600. The summed E-state index contributed by atoms with van der Waals surface area (Å²) in [6, 6.07) is 9.64. The molecule has 0 radical (unpaired) electrons. The van der Waals surface area contributed by atoms with Gasteiger partial charge in [-0.1, -0.05) is 30.7 Å². The third kappa shape index (κ3) is 4.09. The maximum absolute atomic E-state index is 11.4. The second-order valence-electron chi connectivity index (χ2n) is 4.69. The molecule has 0 bridgehead atoms. The summed E-state index contributed by atoms with van der Waals surface area (Å²) in [6.07, 6.45) is 2.33. The van der Waals surface area contributed by atoms with Crippen LogP contribution in [0.15, 0.2) is 41.0 Å². The number of carbonyl (C=O) groups is 1. The number of ether oxygens (including phenoxy) is 1. The lowest BCUT2D eigenvalue weighted by Gasteiger charge is -2.16. The van der Waals surface area contributed by atoms with E-state index in [4.69, 9.17) is 16.0 Å². The van der Waals surface area contributed by atoms with Gasteiger partial charge in [0.05, 0.1) is 19.2 Å². The molecule has 4 nitrogen and oxygen atoms in total. The van der Waals surface area contributed by atoms with Crippen LogP contribution in [-0.2, 0) is 11.3 Å². The third-order valence-electron chi connectivity index (χ3n) is 3.26. The summed E-state index contributed by atoms with van der Waals surface area (Å²) in [7, 11) is 1.35. The lowest BCUT2D eigenvalue weighted by Crippen LogP contribution is -2.20. The van der Waals surface area contributed by atoms with Crippen molar-refractivity contribution in [2.24, 2.45) is 0 Å². The molecule has 0 spiro atoms. The van der Waals surface area contributed by atoms with Gasteiger partial charge < -0.3 is 14.5 Å². The molecule has 0 saturated carbocycles. The predicted molar refractivity (Wildman–Crippen MR) is 81.4 cm³/mol. The molecular formula is C16H18ClNO3. The van der Waals surface area contributed by atoms with Gasteiger partial charge in [-0.05, 0) is 30.2 Å². The molecule has 0 aliphatic rings. The summed E-state index contributed by atoms with van der Waals surface area (Å²) in [5.41, 5.74) is 1.55. The summed E-state index contributed by atoms with van der Waals surface area (Å²) < 4.78 is 10.00. The van der Waals surface area contributed by atoms with Crippen LogP contribution < -0.4 is 5.32 Å². The zero-order chi connectivity index (χ0) is 15.2. The van der Waals surface area contributed by atoms with E-state index in [1.165, 1.54) is 13.4 Å². The number of rotatable bonds is 6. The van der Waals surface area contributed by atoms with Crippen LogP contribution in [0.5, 0.6) is 0 Å². The van der Waals surface area contributed by atoms with Crippen LogP contribution in [0.2, 0.25) is 5.02 Å². The molecule has 0 fully saturated rings. The Labute approximate surface area is 129 Å². The Bertz CT molecular complexity index is 609. The maximum atomic E-state index is 11.4. The minimum atomic E-state index is -0.396. The van der Waals surface area contributed by atoms with E-state index in [0.717, 1.165) is 17.0 Å². The van der Waals surface area contributed by atoms with Gasteiger partial charge in [-0.25, -0.2) is 4.79 Å². The number of methoxy groups -OCH3 is 1. The van der Waals surface area contributed by atoms with Gasteiger partial charge in [0.15, 0.2) is 0 Å². The number of hydrogen-bond acceptors (Lipinski definition) is 4. The zero-order valence-corrected chi connectivity index (χ0v) is 12.8. The second kappa shape index (κ2) is 7.29. The molecule has 1 aromatic heterocycles. The Balaban J connectivity index is 2.00. The molecule has 2 aromatic rings. The molecule has 112 valence electrons. The molecule has 5 heteroatoms. The van der Waals surface area contributed by atoms with Crippen LogP contribution in [0, 0.1) is 0 Å². The van der Waals surface area contributed by atoms with E-state index in [2.05, 4.69) is 17.0 Å². The molecule has 0 aliphatic carbocycles. The highest BCUT2D eigenvalue weighted by Gasteiger charge is 2.13. The number of esters is 1. The fourth-order valence-electron chi connectivity index (χ4n) is 2.14. The molecule has 0 amide bonds. The topological polar surface area (TPSA) is 51.5 Å². The smallest absolute Gasteiger partial charge is 0.341 e. The molecule has 0 saturated heterocycles. The van der Waals surface area contributed by atoms with Gasteiger partial charge in [0.1, 0.15) is 12.0 Å². The minimum Gasteiger partial charge on any atom is -0.467 e. The largest absolute Gasteiger partial charge is 0.467 e. The van der Waals surface area contributed by atoms with Crippen molar-refractivity contribution in [1.29, 1.82) is 0 Å². The predicted octanol–water partition coefficient (Wildman–Crippen LogP) is 3.96. The van der Waals surface area contributed by atoms with Gasteiger partial charge >= 0.3 is 5.97 Å². The first kappa shape index (κ1) is 15.6. The average Bonchev–Trinajstić information content (AvgIpc) is 2.96. The molecule has 1 unspecified atom stereocenters. The number of nitrogens with one attached hydrogen (secondary N) is 1. The summed E-state index contributed by atoms with van der Waals surface area (Å²) in [5, 5.41) is 4.12. The first-order chi connectivity index (χ1) is 10.1. The summed E-state index contributed by atoms with van der Waals surface area (Å²) in [4.78, 5) is 11.4. The summed E-state index contributed by atoms with van der Waals surface area (Å²) >= 11 is 6.02. The maximum Gasteiger partial charge on any atom is 0.341 e. The van der Waals surface area contributed by atoms with E-state index in [1.54, 1.807) is 6.07 Å². The van der Waals surface area contributed by atoms with Crippen molar-refractivity contribution in [2.45, 2.75) is 25.9 Å². The van der Waals surface area contributed by atoms with Gasteiger partial charge in [0, 0.05) is 11.1 Å². The van der Waals surface area contributed by atoms with Crippen LogP contribution in [0.3, 0.4) is 0 Å². The Morgan fingerprint density at radius 3 is 2.90 bits per heavy atom. The number of carbonyl (C=O) groups excluding carboxylic acids is 1. The van der Waals surface area contributed by atoms with Crippen LogP contribution in [0.1, 0.15) is 41.1 Å². The highest BCUT2D eigenvalue weighted by Crippen LogP contribution is 2.21. The van der Waals surface area contributed by atoms with Crippen molar-refractivity contribution in [1.82, 2.24) is 5.32 Å². The highest BCUT2D eigenvalue weighted by molar-refractivity contribution is 6.30. The van der Waals surface area contributed by atoms with Gasteiger partial charge in [-0.3, -0.25) is 0 Å². The Morgan fingerprint density at radius 1 is 1.43 bits per heavy atom. The van der Waals surface area contributed by atoms with Gasteiger partial charge in [-0.15, -0.1) is 0 Å². The van der Waals surface area contributed by atoms with Crippen molar-refractivity contribution in [3.05, 3.63) is 58.5 Å². The quantitative estimate of drug-likeness (QED) is 0.821. The molecule has 1 atom stereocenters. The van der Waals surface area contributed by atoms with E-state index >= 15 is 0 Å². The van der Waals surface area contributed by atoms with Crippen LogP contribution >= 0.6 is 11.6 Å². The first-order valence-electron chi connectivity index (χ1n) is 6.78. The number of halogens is 1. The average molecular weight is 308 g/mol. The fourth-order valence-corrected chi connectivity index (χ4v) is 2.34. The fraction of sp³-hybridized carbons (Fsp3) is 0.312. The van der Waals surface area contributed by atoms with E-state index in [1.807, 2.05) is 24.3 Å². The Morgan fingerprint density at radius 2 is 2.24 bits per heavy atom. The van der Waals surface area contributed by atoms with Gasteiger partial charge in [0.25, 0.3) is 0 Å². The van der Waals surface area contributed by atoms with Crippen molar-refractivity contribution < 1.29 is 13.9 Å². The Kier molecular flexibility index (Phi) is 5.42. The van der Waals surface area contributed by atoms with Crippen LogP contribution in [0.4, 0.5) is 0 Å². The SMILES string of the molecule is CCC(NCc1cc(C(=O)OC)co1)c1cccc(Cl)c1. The normalized spacial score (nSPS) is 12.1. The van der Waals surface area contributed by atoms with Crippen molar-refractivity contribution in [3.63, 3.8) is 0 Å². The third-order valence-corrected chi connectivity index (χ3v) is 3.49. The highest BCUT2D eigenvalue weighted by atomic mass is 35.5. The number of benzene rings is 1. The van der Waals surface area contributed by atoms with E-state index in [9.17, 15) is 4.79 Å². The first-order valence-corrected chi connectivity index (χ1v) is 7.16. The molecule has 0 aliphatic heterocycles. The van der Waals surface area contributed by atoms with Crippen LogP contribution in [0.25, 0.3) is 0 Å². The van der Waals surface area contributed by atoms with Crippen LogP contribution in [-0.4, -0.2) is 13.1 Å². The summed E-state index contributed by atoms with van der Waals surface area (Å²) in [5.74, 6) is 0.294. The molecule has 2 rings (SSSR count). The standard InChI is InChI=1S/C16H18ClNO3/c1-3-15(11-5-4-6-13(17)7-11)18-9-14-8-12(10-21-14)16(19)20-2/h4-8,10,15,18H,3,9H2,1-2H3. The van der Waals surface area contributed by atoms with Crippen molar-refractivity contribution in [2.75, 3.05) is 7.11 Å². The van der Waals surface area contributed by atoms with Crippen molar-refractivity contribution in [3.8, 4) is 0 Å². The van der Waals surface area contributed by atoms with E-state index < -0.39 is 5.97 Å². The van der Waals surface area contributed by atoms with Crippen molar-refractivity contribution >= 4 is 17.6 Å². The van der Waals surface area contributed by atoms with E-state index in [0.29, 0.717) is 17.9 Å². The summed E-state index contributed by atoms with van der Waals surface area (Å²) in [6.45, 7) is 2.63. The minimum absolute atomic E-state index is 0.176. The molecular weight excluding hydrogens is 290 g/mol. The van der Waals surface area contributed by atoms with Gasteiger partial charge in [0.2, 0.25) is 0 Å². The second-order valence-corrected chi connectivity index (χ2v) is 5.13. The molecule has 21 heavy (non-hydrogen) atoms. The monoisotopic (exact) mass is 307 g/mol. The van der Waals surface area contributed by atoms with Gasteiger partial charge in [-0.2, -0.15) is 0 Å². The lowest BCUT2D eigenvalue weighted by atomic mass is 10.0. The number of hydrogen-bond donors (Lipinski definition) is 1.